The molecule has 1 fully saturated rings. The van der Waals surface area contributed by atoms with E-state index in [1.54, 1.807) is 0 Å². The summed E-state index contributed by atoms with van der Waals surface area (Å²) in [5.41, 5.74) is 0. The summed E-state index contributed by atoms with van der Waals surface area (Å²) >= 11 is 0. The Bertz CT molecular complexity index is 153. The van der Waals surface area contributed by atoms with Crippen LogP contribution in [-0.2, 0) is 4.74 Å². The molecular formula is C7H13NO4. The zero-order chi connectivity index (χ0) is 8.97. The molecule has 1 unspecified atom stereocenters. The zero-order valence-corrected chi connectivity index (χ0v) is 6.69. The van der Waals surface area contributed by atoms with Gasteiger partial charge in [-0.3, -0.25) is 0 Å². The molecule has 2 atom stereocenters. The van der Waals surface area contributed by atoms with Crippen molar-refractivity contribution in [2.24, 2.45) is 0 Å². The van der Waals surface area contributed by atoms with E-state index in [1.807, 2.05) is 0 Å². The van der Waals surface area contributed by atoms with Crippen molar-refractivity contribution >= 4 is 6.09 Å². The van der Waals surface area contributed by atoms with Gasteiger partial charge in [0.15, 0.2) is 0 Å². The highest BCUT2D eigenvalue weighted by Crippen LogP contribution is 2.12. The summed E-state index contributed by atoms with van der Waals surface area (Å²) < 4.78 is 5.16. The van der Waals surface area contributed by atoms with Crippen LogP contribution in [0.2, 0.25) is 0 Å². The van der Waals surface area contributed by atoms with E-state index in [4.69, 9.17) is 14.9 Å². The Hall–Kier alpha value is -0.810. The van der Waals surface area contributed by atoms with Crippen LogP contribution < -0.4 is 5.32 Å². The van der Waals surface area contributed by atoms with Gasteiger partial charge < -0.3 is 20.3 Å². The molecule has 0 aromatic heterocycles. The summed E-state index contributed by atoms with van der Waals surface area (Å²) in [5, 5.41) is 19.4. The highest BCUT2D eigenvalue weighted by atomic mass is 16.5. The SMILES string of the molecule is O=C(O)N[C@H]1CCC(CO)OC1. The van der Waals surface area contributed by atoms with Crippen molar-refractivity contribution in [2.45, 2.75) is 25.0 Å². The molecule has 12 heavy (non-hydrogen) atoms. The molecule has 0 aromatic rings. The van der Waals surface area contributed by atoms with Crippen LogP contribution in [0.3, 0.4) is 0 Å². The molecule has 70 valence electrons. The lowest BCUT2D eigenvalue weighted by Crippen LogP contribution is -2.42. The van der Waals surface area contributed by atoms with E-state index >= 15 is 0 Å². The summed E-state index contributed by atoms with van der Waals surface area (Å²) in [6.07, 6.45) is 0.307. The van der Waals surface area contributed by atoms with Gasteiger partial charge in [0.1, 0.15) is 0 Å². The lowest BCUT2D eigenvalue weighted by Gasteiger charge is -2.27. The fourth-order valence-corrected chi connectivity index (χ4v) is 1.24. The Morgan fingerprint density at radius 3 is 2.75 bits per heavy atom. The van der Waals surface area contributed by atoms with Crippen molar-refractivity contribution in [3.8, 4) is 0 Å². The van der Waals surface area contributed by atoms with Crippen molar-refractivity contribution in [1.29, 1.82) is 0 Å². The second-order valence-corrected chi connectivity index (χ2v) is 2.86. The Morgan fingerprint density at radius 1 is 1.58 bits per heavy atom. The van der Waals surface area contributed by atoms with Crippen LogP contribution in [0.1, 0.15) is 12.8 Å². The van der Waals surface area contributed by atoms with Gasteiger partial charge in [-0.1, -0.05) is 0 Å². The van der Waals surface area contributed by atoms with Crippen LogP contribution in [0.5, 0.6) is 0 Å². The first-order chi connectivity index (χ1) is 5.72. The molecule has 0 radical (unpaired) electrons. The third-order valence-electron chi connectivity index (χ3n) is 1.90. The Kier molecular flexibility index (Phi) is 3.31. The number of nitrogens with one attached hydrogen (secondary N) is 1. The highest BCUT2D eigenvalue weighted by Gasteiger charge is 2.21. The Labute approximate surface area is 70.3 Å². The predicted molar refractivity (Wildman–Crippen MR) is 41.0 cm³/mol. The van der Waals surface area contributed by atoms with Crippen LogP contribution in [-0.4, -0.2) is 41.7 Å². The van der Waals surface area contributed by atoms with Gasteiger partial charge >= 0.3 is 6.09 Å². The predicted octanol–water partition coefficient (Wildman–Crippen LogP) is -0.206. The molecule has 1 aliphatic heterocycles. The fraction of sp³-hybridized carbons (Fsp3) is 0.857. The third-order valence-corrected chi connectivity index (χ3v) is 1.90. The second kappa shape index (κ2) is 4.27. The van der Waals surface area contributed by atoms with Gasteiger partial charge in [-0.2, -0.15) is 0 Å². The summed E-state index contributed by atoms with van der Waals surface area (Å²) in [4.78, 5) is 10.2. The summed E-state index contributed by atoms with van der Waals surface area (Å²) in [6.45, 7) is 0.372. The van der Waals surface area contributed by atoms with Gasteiger partial charge in [-0.05, 0) is 12.8 Å². The summed E-state index contributed by atoms with van der Waals surface area (Å²) in [6, 6.07) is -0.120. The fourth-order valence-electron chi connectivity index (χ4n) is 1.24. The molecule has 0 bridgehead atoms. The van der Waals surface area contributed by atoms with Gasteiger partial charge in [0.05, 0.1) is 25.4 Å². The molecule has 1 aliphatic rings. The Morgan fingerprint density at radius 2 is 2.33 bits per heavy atom. The maximum Gasteiger partial charge on any atom is 0.404 e. The molecule has 1 heterocycles. The number of amides is 1. The third kappa shape index (κ3) is 2.67. The first kappa shape index (κ1) is 9.28. The number of hydrogen-bond donors (Lipinski definition) is 3. The normalized spacial score (nSPS) is 29.8. The van der Waals surface area contributed by atoms with Crippen molar-refractivity contribution < 1.29 is 19.7 Å². The number of aliphatic hydroxyl groups excluding tert-OH is 1. The first-order valence-electron chi connectivity index (χ1n) is 3.94. The molecule has 3 N–H and O–H groups in total. The van der Waals surface area contributed by atoms with Crippen LogP contribution in [0.4, 0.5) is 4.79 Å². The lowest BCUT2D eigenvalue weighted by molar-refractivity contribution is -0.0306. The maximum absolute atomic E-state index is 10.2. The number of aliphatic hydroxyl groups is 1. The van der Waals surface area contributed by atoms with Crippen LogP contribution >= 0.6 is 0 Å². The largest absolute Gasteiger partial charge is 0.465 e. The minimum Gasteiger partial charge on any atom is -0.465 e. The highest BCUT2D eigenvalue weighted by molar-refractivity contribution is 5.64. The molecule has 5 nitrogen and oxygen atoms in total. The molecule has 0 spiro atoms. The summed E-state index contributed by atoms with van der Waals surface area (Å²) in [5.74, 6) is 0. The summed E-state index contributed by atoms with van der Waals surface area (Å²) in [7, 11) is 0. The molecule has 1 rings (SSSR count). The topological polar surface area (TPSA) is 78.8 Å². The van der Waals surface area contributed by atoms with E-state index in [-0.39, 0.29) is 18.8 Å². The van der Waals surface area contributed by atoms with E-state index in [1.165, 1.54) is 0 Å². The number of ether oxygens (including phenoxy) is 1. The van der Waals surface area contributed by atoms with Gasteiger partial charge in [0.25, 0.3) is 0 Å². The van der Waals surface area contributed by atoms with E-state index in [0.29, 0.717) is 13.0 Å². The van der Waals surface area contributed by atoms with Gasteiger partial charge in [0, 0.05) is 0 Å². The van der Waals surface area contributed by atoms with Crippen molar-refractivity contribution in [2.75, 3.05) is 13.2 Å². The standard InChI is InChI=1S/C7H13NO4/c9-3-6-2-1-5(4-12-6)8-7(10)11/h5-6,8-9H,1-4H2,(H,10,11)/t5-,6?/m0/s1. The van der Waals surface area contributed by atoms with E-state index in [9.17, 15) is 4.79 Å². The maximum atomic E-state index is 10.2. The van der Waals surface area contributed by atoms with E-state index in [0.717, 1.165) is 6.42 Å². The smallest absolute Gasteiger partial charge is 0.404 e. The molecule has 1 saturated heterocycles. The van der Waals surface area contributed by atoms with Crippen LogP contribution in [0.15, 0.2) is 0 Å². The van der Waals surface area contributed by atoms with Crippen molar-refractivity contribution in [3.05, 3.63) is 0 Å². The van der Waals surface area contributed by atoms with Gasteiger partial charge in [-0.15, -0.1) is 0 Å². The lowest BCUT2D eigenvalue weighted by atomic mass is 10.1. The molecular weight excluding hydrogens is 162 g/mol. The van der Waals surface area contributed by atoms with Gasteiger partial charge in [0.2, 0.25) is 0 Å². The monoisotopic (exact) mass is 175 g/mol. The zero-order valence-electron chi connectivity index (χ0n) is 6.69. The minimum absolute atomic E-state index is 0.0137. The quantitative estimate of drug-likeness (QED) is 0.542. The minimum atomic E-state index is -1.02. The van der Waals surface area contributed by atoms with Crippen LogP contribution in [0, 0.1) is 0 Å². The van der Waals surface area contributed by atoms with Gasteiger partial charge in [-0.25, -0.2) is 4.79 Å². The number of hydrogen-bond acceptors (Lipinski definition) is 3. The van der Waals surface area contributed by atoms with Crippen LogP contribution in [0.25, 0.3) is 0 Å². The average molecular weight is 175 g/mol. The van der Waals surface area contributed by atoms with Crippen molar-refractivity contribution in [3.63, 3.8) is 0 Å². The van der Waals surface area contributed by atoms with E-state index < -0.39 is 6.09 Å². The molecule has 5 heteroatoms. The molecule has 0 aliphatic carbocycles. The molecule has 0 saturated carbocycles. The molecule has 0 aromatic carbocycles. The second-order valence-electron chi connectivity index (χ2n) is 2.86. The number of carboxylic acid groups (broad SMARTS) is 1. The van der Waals surface area contributed by atoms with Crippen molar-refractivity contribution in [1.82, 2.24) is 5.32 Å². The molecule has 1 amide bonds. The average Bonchev–Trinajstić information content (AvgIpc) is 2.05. The first-order valence-corrected chi connectivity index (χ1v) is 3.94. The van der Waals surface area contributed by atoms with E-state index in [2.05, 4.69) is 5.32 Å². The number of rotatable bonds is 2. The Balaban J connectivity index is 2.21. The number of carbonyl (C=O) groups is 1.